The maximum Gasteiger partial charge on any atom is 0.259 e. The Hall–Kier alpha value is -2.19. The van der Waals surface area contributed by atoms with Gasteiger partial charge in [0.25, 0.3) is 5.91 Å². The van der Waals surface area contributed by atoms with Crippen LogP contribution in [0.3, 0.4) is 0 Å². The Morgan fingerprint density at radius 2 is 1.96 bits per heavy atom. The molecule has 0 aliphatic rings. The SMILES string of the molecule is COc1ncc(Cl)cc1-c1ccc(NC(=O)c2c(F)cccc2I)cc1. The van der Waals surface area contributed by atoms with Crippen LogP contribution >= 0.6 is 34.2 Å². The predicted molar refractivity (Wildman–Crippen MR) is 108 cm³/mol. The molecule has 3 rings (SSSR count). The standard InChI is InChI=1S/C19H13ClFIN2O2/c1-26-19-14(9-12(20)10-23-19)11-5-7-13(8-6-11)24-18(25)17-15(21)3-2-4-16(17)22/h2-10H,1H3,(H,24,25). The Balaban J connectivity index is 1.85. The Bertz CT molecular complexity index is 944. The number of hydrogen-bond donors (Lipinski definition) is 1. The number of carbonyl (C=O) groups is 1. The summed E-state index contributed by atoms with van der Waals surface area (Å²) in [7, 11) is 1.53. The molecule has 3 aromatic rings. The van der Waals surface area contributed by atoms with E-state index in [9.17, 15) is 9.18 Å². The molecule has 0 spiro atoms. The molecule has 132 valence electrons. The summed E-state index contributed by atoms with van der Waals surface area (Å²) in [4.78, 5) is 16.5. The summed E-state index contributed by atoms with van der Waals surface area (Å²) in [5.74, 6) is -0.602. The van der Waals surface area contributed by atoms with Gasteiger partial charge in [0, 0.05) is 21.0 Å². The van der Waals surface area contributed by atoms with Gasteiger partial charge in [-0.05, 0) is 58.5 Å². The second kappa shape index (κ2) is 8.01. The molecular formula is C19H13ClFIN2O2. The highest BCUT2D eigenvalue weighted by molar-refractivity contribution is 14.1. The van der Waals surface area contributed by atoms with Crippen molar-refractivity contribution in [2.45, 2.75) is 0 Å². The van der Waals surface area contributed by atoms with Gasteiger partial charge in [-0.2, -0.15) is 0 Å². The smallest absolute Gasteiger partial charge is 0.259 e. The fourth-order valence-electron chi connectivity index (χ4n) is 2.44. The van der Waals surface area contributed by atoms with E-state index >= 15 is 0 Å². The topological polar surface area (TPSA) is 51.2 Å². The minimum Gasteiger partial charge on any atom is -0.481 e. The van der Waals surface area contributed by atoms with E-state index in [1.807, 2.05) is 22.6 Å². The number of aromatic nitrogens is 1. The van der Waals surface area contributed by atoms with Crippen molar-refractivity contribution < 1.29 is 13.9 Å². The number of ether oxygens (including phenoxy) is 1. The van der Waals surface area contributed by atoms with Gasteiger partial charge < -0.3 is 10.1 Å². The third-order valence-corrected chi connectivity index (χ3v) is 4.76. The van der Waals surface area contributed by atoms with E-state index in [1.165, 1.54) is 19.4 Å². The van der Waals surface area contributed by atoms with E-state index in [0.29, 0.717) is 20.2 Å². The number of carbonyl (C=O) groups excluding carboxylic acids is 1. The van der Waals surface area contributed by atoms with Crippen molar-refractivity contribution in [2.75, 3.05) is 12.4 Å². The van der Waals surface area contributed by atoms with E-state index in [4.69, 9.17) is 16.3 Å². The number of anilines is 1. The molecule has 1 heterocycles. The Labute approximate surface area is 168 Å². The second-order valence-corrected chi connectivity index (χ2v) is 6.94. The molecule has 7 heteroatoms. The molecule has 0 fully saturated rings. The zero-order valence-electron chi connectivity index (χ0n) is 13.6. The summed E-state index contributed by atoms with van der Waals surface area (Å²) in [6.07, 6.45) is 1.51. The van der Waals surface area contributed by atoms with E-state index in [-0.39, 0.29) is 5.56 Å². The highest BCUT2D eigenvalue weighted by atomic mass is 127. The number of amides is 1. The zero-order chi connectivity index (χ0) is 18.7. The van der Waals surface area contributed by atoms with Crippen LogP contribution in [0.4, 0.5) is 10.1 Å². The number of pyridine rings is 1. The summed E-state index contributed by atoms with van der Waals surface area (Å²) in [5.41, 5.74) is 2.14. The van der Waals surface area contributed by atoms with Gasteiger partial charge in [-0.25, -0.2) is 9.37 Å². The van der Waals surface area contributed by atoms with Gasteiger partial charge in [-0.3, -0.25) is 4.79 Å². The molecule has 26 heavy (non-hydrogen) atoms. The molecule has 4 nitrogen and oxygen atoms in total. The average molecular weight is 483 g/mol. The van der Waals surface area contributed by atoms with E-state index in [1.54, 1.807) is 42.5 Å². The molecule has 0 aliphatic carbocycles. The molecule has 0 aliphatic heterocycles. The summed E-state index contributed by atoms with van der Waals surface area (Å²) >= 11 is 7.94. The van der Waals surface area contributed by atoms with Crippen LogP contribution in [-0.4, -0.2) is 18.0 Å². The van der Waals surface area contributed by atoms with Crippen LogP contribution in [0.25, 0.3) is 11.1 Å². The molecule has 2 aromatic carbocycles. The fraction of sp³-hybridized carbons (Fsp3) is 0.0526. The minimum atomic E-state index is -0.555. The number of nitrogens with zero attached hydrogens (tertiary/aromatic N) is 1. The first kappa shape index (κ1) is 18.6. The first-order chi connectivity index (χ1) is 12.5. The first-order valence-corrected chi connectivity index (χ1v) is 9.00. The molecule has 0 saturated heterocycles. The molecule has 1 N–H and O–H groups in total. The van der Waals surface area contributed by atoms with Crippen molar-refractivity contribution in [3.8, 4) is 17.0 Å². The minimum absolute atomic E-state index is 0.0258. The van der Waals surface area contributed by atoms with Crippen LogP contribution in [0, 0.1) is 9.39 Å². The number of nitrogens with one attached hydrogen (secondary N) is 1. The van der Waals surface area contributed by atoms with Crippen LogP contribution in [-0.2, 0) is 0 Å². The van der Waals surface area contributed by atoms with Gasteiger partial charge in [-0.1, -0.05) is 29.8 Å². The van der Waals surface area contributed by atoms with Gasteiger partial charge >= 0.3 is 0 Å². The summed E-state index contributed by atoms with van der Waals surface area (Å²) in [6, 6.07) is 13.3. The molecule has 1 aromatic heterocycles. The number of rotatable bonds is 4. The highest BCUT2D eigenvalue weighted by Crippen LogP contribution is 2.31. The normalized spacial score (nSPS) is 10.5. The molecule has 0 bridgehead atoms. The lowest BCUT2D eigenvalue weighted by Gasteiger charge is -2.10. The maximum absolute atomic E-state index is 13.9. The van der Waals surface area contributed by atoms with E-state index in [2.05, 4.69) is 10.3 Å². The predicted octanol–water partition coefficient (Wildman–Crippen LogP) is 5.41. The van der Waals surface area contributed by atoms with Crippen LogP contribution in [0.5, 0.6) is 5.88 Å². The molecule has 0 saturated carbocycles. The van der Waals surface area contributed by atoms with Crippen LogP contribution < -0.4 is 10.1 Å². The van der Waals surface area contributed by atoms with Gasteiger partial charge in [0.2, 0.25) is 5.88 Å². The van der Waals surface area contributed by atoms with Crippen molar-refractivity contribution in [1.82, 2.24) is 4.98 Å². The lowest BCUT2D eigenvalue weighted by Crippen LogP contribution is -2.15. The quantitative estimate of drug-likeness (QED) is 0.506. The van der Waals surface area contributed by atoms with Crippen molar-refractivity contribution in [2.24, 2.45) is 0 Å². The lowest BCUT2D eigenvalue weighted by molar-refractivity contribution is 0.102. The number of methoxy groups -OCH3 is 1. The molecular weight excluding hydrogens is 470 g/mol. The van der Waals surface area contributed by atoms with Crippen molar-refractivity contribution in [1.29, 1.82) is 0 Å². The van der Waals surface area contributed by atoms with Gasteiger partial charge in [0.15, 0.2) is 0 Å². The second-order valence-electron chi connectivity index (χ2n) is 5.34. The van der Waals surface area contributed by atoms with Crippen LogP contribution in [0.2, 0.25) is 5.02 Å². The Morgan fingerprint density at radius 3 is 2.62 bits per heavy atom. The summed E-state index contributed by atoms with van der Waals surface area (Å²) in [5, 5.41) is 3.19. The summed E-state index contributed by atoms with van der Waals surface area (Å²) in [6.45, 7) is 0. The molecule has 0 radical (unpaired) electrons. The zero-order valence-corrected chi connectivity index (χ0v) is 16.5. The fourth-order valence-corrected chi connectivity index (χ4v) is 3.31. The van der Waals surface area contributed by atoms with Crippen LogP contribution in [0.1, 0.15) is 10.4 Å². The van der Waals surface area contributed by atoms with E-state index in [0.717, 1.165) is 11.1 Å². The number of hydrogen-bond acceptors (Lipinski definition) is 3. The Kier molecular flexibility index (Phi) is 5.73. The molecule has 0 atom stereocenters. The van der Waals surface area contributed by atoms with Gasteiger partial charge in [-0.15, -0.1) is 0 Å². The van der Waals surface area contributed by atoms with Crippen molar-refractivity contribution in [3.05, 3.63) is 74.7 Å². The van der Waals surface area contributed by atoms with Gasteiger partial charge in [0.05, 0.1) is 17.7 Å². The third kappa shape index (κ3) is 3.96. The maximum atomic E-state index is 13.9. The molecule has 0 unspecified atom stereocenters. The third-order valence-electron chi connectivity index (χ3n) is 3.65. The number of benzene rings is 2. The van der Waals surface area contributed by atoms with Crippen LogP contribution in [0.15, 0.2) is 54.7 Å². The first-order valence-electron chi connectivity index (χ1n) is 7.55. The monoisotopic (exact) mass is 482 g/mol. The molecule has 1 amide bonds. The van der Waals surface area contributed by atoms with Crippen molar-refractivity contribution in [3.63, 3.8) is 0 Å². The summed E-state index contributed by atoms with van der Waals surface area (Å²) < 4.78 is 19.7. The van der Waals surface area contributed by atoms with E-state index < -0.39 is 11.7 Å². The van der Waals surface area contributed by atoms with Crippen molar-refractivity contribution >= 4 is 45.8 Å². The average Bonchev–Trinajstić information content (AvgIpc) is 2.62. The Morgan fingerprint density at radius 1 is 1.23 bits per heavy atom. The highest BCUT2D eigenvalue weighted by Gasteiger charge is 2.15. The largest absolute Gasteiger partial charge is 0.481 e. The number of halogens is 3. The van der Waals surface area contributed by atoms with Gasteiger partial charge in [0.1, 0.15) is 5.82 Å². The lowest BCUT2D eigenvalue weighted by atomic mass is 10.1.